The summed E-state index contributed by atoms with van der Waals surface area (Å²) >= 11 is 2.09. The molecule has 0 unspecified atom stereocenters. The zero-order valence-electron chi connectivity index (χ0n) is 13.7. The molecule has 0 aromatic heterocycles. The van der Waals surface area contributed by atoms with E-state index in [9.17, 15) is 15.4 Å². The van der Waals surface area contributed by atoms with E-state index in [4.69, 9.17) is 15.9 Å². The average molecular weight is 460 g/mol. The van der Waals surface area contributed by atoms with E-state index >= 15 is 0 Å². The van der Waals surface area contributed by atoms with E-state index in [2.05, 4.69) is 34.6 Å². The molecule has 7 heteroatoms. The lowest BCUT2D eigenvalue weighted by molar-refractivity contribution is -0.384. The Balaban J connectivity index is 2.48. The molecule has 0 amide bonds. The van der Waals surface area contributed by atoms with Crippen LogP contribution in [0.15, 0.2) is 36.4 Å². The van der Waals surface area contributed by atoms with Crippen LogP contribution in [0.2, 0.25) is 0 Å². The third-order valence-corrected chi connectivity index (χ3v) is 4.15. The topological polar surface area (TPSA) is 85.4 Å². The van der Waals surface area contributed by atoms with Gasteiger partial charge in [0.25, 0.3) is 5.69 Å². The molecule has 2 rings (SSSR count). The molecule has 0 N–H and O–H groups in total. The number of nitro benzene ring substituents is 1. The molecular weight excluding hydrogens is 447 g/mol. The highest BCUT2D eigenvalue weighted by molar-refractivity contribution is 14.1. The summed E-state index contributed by atoms with van der Waals surface area (Å²) in [5.41, 5.74) is 1.38. The fourth-order valence-electron chi connectivity index (χ4n) is 2.21. The summed E-state index contributed by atoms with van der Waals surface area (Å²) < 4.78 is 11.6. The van der Waals surface area contributed by atoms with Gasteiger partial charge < -0.3 is 9.47 Å². The van der Waals surface area contributed by atoms with Crippen LogP contribution in [0.5, 0.6) is 11.5 Å². The molecule has 2 aromatic carbocycles. The number of methoxy groups -OCH3 is 1. The number of nitriles is 1. The first-order valence-corrected chi connectivity index (χ1v) is 8.38. The van der Waals surface area contributed by atoms with Gasteiger partial charge >= 0.3 is 0 Å². The predicted octanol–water partition coefficient (Wildman–Crippen LogP) is 4.28. The van der Waals surface area contributed by atoms with E-state index in [1.807, 2.05) is 6.07 Å². The van der Waals surface area contributed by atoms with Crippen LogP contribution in [-0.4, -0.2) is 18.6 Å². The Bertz CT molecular complexity index is 955. The largest absolute Gasteiger partial charge is 0.493 e. The van der Waals surface area contributed by atoms with Crippen molar-refractivity contribution in [1.82, 2.24) is 0 Å². The van der Waals surface area contributed by atoms with Crippen molar-refractivity contribution in [2.45, 2.75) is 0 Å². The van der Waals surface area contributed by atoms with Gasteiger partial charge in [-0.3, -0.25) is 10.1 Å². The Morgan fingerprint density at radius 2 is 2.19 bits per heavy atom. The minimum Gasteiger partial charge on any atom is -0.493 e. The molecule has 0 aliphatic rings. The summed E-state index contributed by atoms with van der Waals surface area (Å²) in [5, 5.41) is 20.4. The number of halogens is 1. The van der Waals surface area contributed by atoms with Crippen LogP contribution in [0.4, 0.5) is 5.69 Å². The summed E-state index contributed by atoms with van der Waals surface area (Å²) in [7, 11) is 1.51. The quantitative estimate of drug-likeness (QED) is 0.160. The van der Waals surface area contributed by atoms with E-state index in [0.29, 0.717) is 28.2 Å². The van der Waals surface area contributed by atoms with Gasteiger partial charge in [0.05, 0.1) is 27.2 Å². The van der Waals surface area contributed by atoms with Crippen molar-refractivity contribution in [1.29, 1.82) is 5.26 Å². The first-order valence-electron chi connectivity index (χ1n) is 7.30. The number of terminal acetylenes is 1. The number of nitro groups is 1. The minimum atomic E-state index is -0.498. The van der Waals surface area contributed by atoms with Gasteiger partial charge in [-0.2, -0.15) is 5.26 Å². The molecule has 6 nitrogen and oxygen atoms in total. The van der Waals surface area contributed by atoms with E-state index in [1.54, 1.807) is 24.3 Å². The van der Waals surface area contributed by atoms with Crippen molar-refractivity contribution in [3.8, 4) is 29.9 Å². The molecule has 0 saturated heterocycles. The fraction of sp³-hybridized carbons (Fsp3) is 0.105. The number of allylic oxidation sites excluding steroid dienone is 1. The highest BCUT2D eigenvalue weighted by Crippen LogP contribution is 2.35. The second kappa shape index (κ2) is 8.88. The fourth-order valence-corrected chi connectivity index (χ4v) is 2.99. The Morgan fingerprint density at radius 1 is 1.42 bits per heavy atom. The van der Waals surface area contributed by atoms with Crippen LogP contribution in [0.25, 0.3) is 11.6 Å². The predicted molar refractivity (Wildman–Crippen MR) is 107 cm³/mol. The third-order valence-electron chi connectivity index (χ3n) is 3.35. The molecule has 26 heavy (non-hydrogen) atoms. The van der Waals surface area contributed by atoms with Gasteiger partial charge in [-0.15, -0.1) is 6.42 Å². The van der Waals surface area contributed by atoms with Crippen LogP contribution >= 0.6 is 22.6 Å². The van der Waals surface area contributed by atoms with Gasteiger partial charge in [0.2, 0.25) is 0 Å². The van der Waals surface area contributed by atoms with E-state index < -0.39 is 4.92 Å². The zero-order valence-corrected chi connectivity index (χ0v) is 15.9. The van der Waals surface area contributed by atoms with Crippen LogP contribution < -0.4 is 9.47 Å². The molecule has 0 saturated carbocycles. The maximum absolute atomic E-state index is 10.9. The molecule has 130 valence electrons. The molecule has 0 atom stereocenters. The number of hydrogen-bond acceptors (Lipinski definition) is 5. The standard InChI is InChI=1S/C19H13IN2O4/c1-3-7-26-19-17(20)9-13(10-18(19)25-2)8-15(12-21)14-5-4-6-16(11-14)22(23)24/h1,4-6,8-11H,7H2,2H3. The van der Waals surface area contributed by atoms with Crippen molar-refractivity contribution in [2.24, 2.45) is 0 Å². The van der Waals surface area contributed by atoms with E-state index in [0.717, 1.165) is 3.57 Å². The van der Waals surface area contributed by atoms with Crippen LogP contribution in [0.1, 0.15) is 11.1 Å². The Morgan fingerprint density at radius 3 is 2.81 bits per heavy atom. The number of ether oxygens (including phenoxy) is 2. The van der Waals surface area contributed by atoms with Crippen molar-refractivity contribution in [3.05, 3.63) is 61.2 Å². The second-order valence-corrected chi connectivity index (χ2v) is 6.17. The van der Waals surface area contributed by atoms with Crippen molar-refractivity contribution in [2.75, 3.05) is 13.7 Å². The number of non-ortho nitro benzene ring substituents is 1. The molecule has 0 aliphatic carbocycles. The van der Waals surface area contributed by atoms with Crippen LogP contribution in [-0.2, 0) is 0 Å². The molecule has 0 heterocycles. The van der Waals surface area contributed by atoms with Crippen LogP contribution in [0, 0.1) is 37.4 Å². The van der Waals surface area contributed by atoms with Gasteiger partial charge in [-0.25, -0.2) is 0 Å². The summed E-state index contributed by atoms with van der Waals surface area (Å²) in [4.78, 5) is 10.4. The number of benzene rings is 2. The SMILES string of the molecule is C#CCOc1c(I)cc(C=C(C#N)c2cccc([N+](=O)[O-])c2)cc1OC. The molecule has 0 bridgehead atoms. The van der Waals surface area contributed by atoms with Crippen molar-refractivity contribution in [3.63, 3.8) is 0 Å². The van der Waals surface area contributed by atoms with Crippen molar-refractivity contribution < 1.29 is 14.4 Å². The first kappa shape index (κ1) is 19.3. The molecule has 0 radical (unpaired) electrons. The molecule has 0 spiro atoms. The maximum atomic E-state index is 10.9. The van der Waals surface area contributed by atoms with Gasteiger partial charge in [-0.05, 0) is 51.9 Å². The summed E-state index contributed by atoms with van der Waals surface area (Å²) in [6, 6.07) is 11.5. The summed E-state index contributed by atoms with van der Waals surface area (Å²) in [6.07, 6.45) is 6.85. The van der Waals surface area contributed by atoms with E-state index in [-0.39, 0.29) is 12.3 Å². The zero-order chi connectivity index (χ0) is 19.1. The summed E-state index contributed by atoms with van der Waals surface area (Å²) in [5.74, 6) is 3.40. The minimum absolute atomic E-state index is 0.0751. The molecule has 0 fully saturated rings. The van der Waals surface area contributed by atoms with Crippen molar-refractivity contribution >= 4 is 39.9 Å². The first-order chi connectivity index (χ1) is 12.5. The number of nitrogens with zero attached hydrogens (tertiary/aromatic N) is 2. The average Bonchev–Trinajstić information content (AvgIpc) is 2.64. The smallest absolute Gasteiger partial charge is 0.270 e. The Labute approximate surface area is 164 Å². The van der Waals surface area contributed by atoms with Crippen LogP contribution in [0.3, 0.4) is 0 Å². The Hall–Kier alpha value is -3.04. The lowest BCUT2D eigenvalue weighted by Gasteiger charge is -2.12. The van der Waals surface area contributed by atoms with Gasteiger partial charge in [0.15, 0.2) is 11.5 Å². The molecular formula is C19H13IN2O4. The van der Waals surface area contributed by atoms with Gasteiger partial charge in [0.1, 0.15) is 6.61 Å². The second-order valence-electron chi connectivity index (χ2n) is 5.00. The van der Waals surface area contributed by atoms with Gasteiger partial charge in [0, 0.05) is 12.1 Å². The summed E-state index contributed by atoms with van der Waals surface area (Å²) in [6.45, 7) is 0.110. The van der Waals surface area contributed by atoms with E-state index in [1.165, 1.54) is 19.2 Å². The lowest BCUT2D eigenvalue weighted by Crippen LogP contribution is -1.99. The Kier molecular flexibility index (Phi) is 6.59. The third kappa shape index (κ3) is 4.52. The monoisotopic (exact) mass is 460 g/mol. The van der Waals surface area contributed by atoms with Gasteiger partial charge in [-0.1, -0.05) is 18.1 Å². The number of hydrogen-bond donors (Lipinski definition) is 0. The lowest BCUT2D eigenvalue weighted by atomic mass is 10.0. The highest BCUT2D eigenvalue weighted by Gasteiger charge is 2.13. The number of rotatable bonds is 6. The maximum Gasteiger partial charge on any atom is 0.270 e. The molecule has 2 aromatic rings. The molecule has 0 aliphatic heterocycles. The normalized spacial score (nSPS) is 10.5. The highest BCUT2D eigenvalue weighted by atomic mass is 127.